The summed E-state index contributed by atoms with van der Waals surface area (Å²) in [5, 5.41) is 11.4. The van der Waals surface area contributed by atoms with Crippen LogP contribution in [0.1, 0.15) is 26.7 Å². The van der Waals surface area contributed by atoms with Crippen LogP contribution in [-0.4, -0.2) is 47.0 Å². The van der Waals surface area contributed by atoms with Crippen molar-refractivity contribution in [3.8, 4) is 11.1 Å². The molecule has 0 radical (unpaired) electrons. The Morgan fingerprint density at radius 3 is 3.04 bits per heavy atom. The maximum atomic E-state index is 11.3. The van der Waals surface area contributed by atoms with Gasteiger partial charge in [0.05, 0.1) is 0 Å². The topological polar surface area (TPSA) is 113 Å². The van der Waals surface area contributed by atoms with Crippen LogP contribution >= 0.6 is 0 Å². The number of amides is 1. The van der Waals surface area contributed by atoms with Gasteiger partial charge in [0.2, 0.25) is 11.9 Å². The van der Waals surface area contributed by atoms with Crippen molar-refractivity contribution in [3.63, 3.8) is 0 Å². The number of carbonyl (C=O) groups is 1. The van der Waals surface area contributed by atoms with Crippen molar-refractivity contribution >= 4 is 28.5 Å². The predicted molar refractivity (Wildman–Crippen MR) is 105 cm³/mol. The van der Waals surface area contributed by atoms with E-state index in [9.17, 15) is 4.79 Å². The van der Waals surface area contributed by atoms with Gasteiger partial charge in [-0.2, -0.15) is 10.1 Å². The van der Waals surface area contributed by atoms with Crippen LogP contribution in [0, 0.1) is 0 Å². The number of pyridine rings is 1. The highest BCUT2D eigenvalue weighted by Gasteiger charge is 2.41. The van der Waals surface area contributed by atoms with Crippen LogP contribution in [0.25, 0.3) is 27.8 Å². The van der Waals surface area contributed by atoms with E-state index in [0.29, 0.717) is 5.95 Å². The fraction of sp³-hybridized carbons (Fsp3) is 0.316. The minimum absolute atomic E-state index is 0.00171. The van der Waals surface area contributed by atoms with E-state index in [2.05, 4.69) is 42.6 Å². The van der Waals surface area contributed by atoms with Crippen molar-refractivity contribution in [2.24, 2.45) is 0 Å². The van der Waals surface area contributed by atoms with E-state index in [1.807, 2.05) is 30.7 Å². The monoisotopic (exact) mass is 376 g/mol. The Labute approximate surface area is 160 Å². The molecule has 9 nitrogen and oxygen atoms in total. The van der Waals surface area contributed by atoms with E-state index >= 15 is 0 Å². The van der Waals surface area contributed by atoms with Gasteiger partial charge in [-0.05, 0) is 37.5 Å². The maximum Gasteiger partial charge on any atom is 0.224 e. The Bertz CT molecular complexity index is 1190. The lowest BCUT2D eigenvalue weighted by atomic mass is 9.74. The molecule has 4 aromatic rings. The Hall–Kier alpha value is -3.49. The molecule has 9 heteroatoms. The number of carbonyl (C=O) groups excluding carboxylic acids is 1. The van der Waals surface area contributed by atoms with Crippen LogP contribution < -0.4 is 10.6 Å². The fourth-order valence-corrected chi connectivity index (χ4v) is 4.04. The third kappa shape index (κ3) is 2.84. The smallest absolute Gasteiger partial charge is 0.224 e. The van der Waals surface area contributed by atoms with Crippen LogP contribution in [0.2, 0.25) is 0 Å². The molecule has 0 spiro atoms. The van der Waals surface area contributed by atoms with Gasteiger partial charge in [0.1, 0.15) is 12.0 Å². The van der Waals surface area contributed by atoms with E-state index in [-0.39, 0.29) is 17.5 Å². The van der Waals surface area contributed by atoms with Crippen molar-refractivity contribution in [1.82, 2.24) is 34.9 Å². The molecular weight excluding hydrogens is 356 g/mol. The first-order valence-corrected chi connectivity index (χ1v) is 9.18. The molecule has 5 rings (SSSR count). The lowest BCUT2D eigenvalue weighted by molar-refractivity contribution is -0.121. The molecular formula is C19H20N8O. The minimum atomic E-state index is -0.145. The van der Waals surface area contributed by atoms with Crippen molar-refractivity contribution < 1.29 is 4.79 Å². The first kappa shape index (κ1) is 16.7. The standard InChI is InChI=1S/C19H20N8O/c1-11(28)26-19(2)6-13(7-19)24-18-21-9-15-14(8-20-17(15)25-18)12-3-4-27-16(5-12)22-10-23-27/h3-5,8-10,13H,6-7H2,1-2H3,(H,26,28)(H2,20,21,24,25). The number of hydrogen-bond acceptors (Lipinski definition) is 6. The molecule has 4 heterocycles. The Kier molecular flexibility index (Phi) is 3.58. The van der Waals surface area contributed by atoms with E-state index in [1.165, 1.54) is 6.33 Å². The summed E-state index contributed by atoms with van der Waals surface area (Å²) in [5.41, 5.74) is 3.47. The maximum absolute atomic E-state index is 11.3. The van der Waals surface area contributed by atoms with Crippen LogP contribution in [0.15, 0.2) is 37.1 Å². The SMILES string of the molecule is CC(=O)NC1(C)CC(Nc2ncc3c(-c4ccn5ncnc5c4)c[nH]c3n2)C1. The first-order chi connectivity index (χ1) is 13.5. The van der Waals surface area contributed by atoms with Gasteiger partial charge in [-0.1, -0.05) is 0 Å². The second kappa shape index (κ2) is 6.01. The summed E-state index contributed by atoms with van der Waals surface area (Å²) in [5.74, 6) is 0.588. The molecule has 1 aliphatic rings. The molecule has 0 aromatic carbocycles. The molecule has 1 amide bonds. The van der Waals surface area contributed by atoms with Crippen molar-refractivity contribution in [2.45, 2.75) is 38.3 Å². The number of aromatic nitrogens is 6. The van der Waals surface area contributed by atoms with E-state index in [4.69, 9.17) is 0 Å². The van der Waals surface area contributed by atoms with Gasteiger partial charge < -0.3 is 15.6 Å². The summed E-state index contributed by atoms with van der Waals surface area (Å²) < 4.78 is 1.73. The zero-order chi connectivity index (χ0) is 19.3. The summed E-state index contributed by atoms with van der Waals surface area (Å²) in [7, 11) is 0. The largest absolute Gasteiger partial charge is 0.351 e. The number of fused-ring (bicyclic) bond motifs is 2. The van der Waals surface area contributed by atoms with Gasteiger partial charge >= 0.3 is 0 Å². The number of rotatable bonds is 4. The number of hydrogen-bond donors (Lipinski definition) is 3. The average Bonchev–Trinajstić information content (AvgIpc) is 3.25. The Balaban J connectivity index is 1.36. The molecule has 1 fully saturated rings. The number of H-pyrrole nitrogens is 1. The van der Waals surface area contributed by atoms with Crippen molar-refractivity contribution in [1.29, 1.82) is 0 Å². The summed E-state index contributed by atoms with van der Waals surface area (Å²) in [4.78, 5) is 27.8. The minimum Gasteiger partial charge on any atom is -0.351 e. The van der Waals surface area contributed by atoms with Crippen LogP contribution in [0.3, 0.4) is 0 Å². The van der Waals surface area contributed by atoms with Crippen LogP contribution in [-0.2, 0) is 4.79 Å². The molecule has 0 aliphatic heterocycles. The molecule has 28 heavy (non-hydrogen) atoms. The van der Waals surface area contributed by atoms with Gasteiger partial charge in [-0.3, -0.25) is 4.79 Å². The molecule has 3 N–H and O–H groups in total. The van der Waals surface area contributed by atoms with Gasteiger partial charge in [0, 0.05) is 48.0 Å². The van der Waals surface area contributed by atoms with E-state index < -0.39 is 0 Å². The molecule has 0 atom stereocenters. The highest BCUT2D eigenvalue weighted by Crippen LogP contribution is 2.34. The molecule has 1 aliphatic carbocycles. The first-order valence-electron chi connectivity index (χ1n) is 9.18. The van der Waals surface area contributed by atoms with Gasteiger partial charge in [0.15, 0.2) is 5.65 Å². The molecule has 1 saturated carbocycles. The predicted octanol–water partition coefficient (Wildman–Crippen LogP) is 2.14. The van der Waals surface area contributed by atoms with Crippen LogP contribution in [0.5, 0.6) is 0 Å². The zero-order valence-electron chi connectivity index (χ0n) is 15.6. The Morgan fingerprint density at radius 1 is 1.36 bits per heavy atom. The zero-order valence-corrected chi connectivity index (χ0v) is 15.6. The molecule has 4 aromatic heterocycles. The summed E-state index contributed by atoms with van der Waals surface area (Å²) >= 11 is 0. The average molecular weight is 376 g/mol. The highest BCUT2D eigenvalue weighted by molar-refractivity contribution is 5.93. The van der Waals surface area contributed by atoms with Gasteiger partial charge in [-0.25, -0.2) is 14.5 Å². The summed E-state index contributed by atoms with van der Waals surface area (Å²) in [6, 6.07) is 4.23. The number of nitrogens with one attached hydrogen (secondary N) is 3. The number of aromatic amines is 1. The van der Waals surface area contributed by atoms with E-state index in [1.54, 1.807) is 11.4 Å². The molecule has 0 saturated heterocycles. The van der Waals surface area contributed by atoms with Gasteiger partial charge in [-0.15, -0.1) is 0 Å². The molecule has 142 valence electrons. The summed E-state index contributed by atoms with van der Waals surface area (Å²) in [6.07, 6.45) is 8.88. The second-order valence-electron chi connectivity index (χ2n) is 7.63. The highest BCUT2D eigenvalue weighted by atomic mass is 16.1. The Morgan fingerprint density at radius 2 is 2.21 bits per heavy atom. The fourth-order valence-electron chi connectivity index (χ4n) is 4.04. The van der Waals surface area contributed by atoms with Crippen LogP contribution in [0.4, 0.5) is 5.95 Å². The summed E-state index contributed by atoms with van der Waals surface area (Å²) in [6.45, 7) is 3.60. The molecule has 0 unspecified atom stereocenters. The third-order valence-electron chi connectivity index (χ3n) is 5.23. The number of anilines is 1. The quantitative estimate of drug-likeness (QED) is 0.503. The van der Waals surface area contributed by atoms with E-state index in [0.717, 1.165) is 40.6 Å². The lowest BCUT2D eigenvalue weighted by Gasteiger charge is -2.45. The normalized spacial score (nSPS) is 21.6. The van der Waals surface area contributed by atoms with Crippen molar-refractivity contribution in [2.75, 3.05) is 5.32 Å². The molecule has 0 bridgehead atoms. The second-order valence-corrected chi connectivity index (χ2v) is 7.63. The lowest BCUT2D eigenvalue weighted by Crippen LogP contribution is -2.59. The van der Waals surface area contributed by atoms with Crippen molar-refractivity contribution in [3.05, 3.63) is 37.1 Å². The number of nitrogens with zero attached hydrogens (tertiary/aromatic N) is 5. The third-order valence-corrected chi connectivity index (χ3v) is 5.23. The van der Waals surface area contributed by atoms with Gasteiger partial charge in [0.25, 0.3) is 0 Å².